The fourth-order valence-electron chi connectivity index (χ4n) is 4.65. The van der Waals surface area contributed by atoms with Gasteiger partial charge in [-0.15, -0.1) is 0 Å². The number of hydrogen-bond acceptors (Lipinski definition) is 2. The average molecular weight is 435 g/mol. The quantitative estimate of drug-likeness (QED) is 0.459. The lowest BCUT2D eigenvalue weighted by molar-refractivity contribution is 0.865. The highest BCUT2D eigenvalue weighted by Gasteiger charge is 2.19. The van der Waals surface area contributed by atoms with Crippen molar-refractivity contribution in [2.75, 3.05) is 6.54 Å². The SMILES string of the molecule is C\C=C1/C=C\C=C\Cc2cccc(c2)C(/C(C)=C/NCC)c2ccc3nc(CC)cc1c3c2. The molecule has 1 aliphatic rings. The van der Waals surface area contributed by atoms with E-state index in [4.69, 9.17) is 4.98 Å². The molecule has 2 nitrogen and oxygen atoms in total. The molecule has 1 unspecified atom stereocenters. The third kappa shape index (κ3) is 5.01. The van der Waals surface area contributed by atoms with Gasteiger partial charge in [-0.3, -0.25) is 4.98 Å². The normalized spacial score (nSPS) is 19.5. The standard InChI is InChI=1S/C31H34N2/c1-5-24-14-10-8-9-12-23-13-11-15-25(18-23)31(22(4)21-32-7-3)26-16-17-30-29(19-26)28(24)20-27(6-2)33-30/h5,8-11,13-21,31-32H,6-7,12H2,1-4H3/b9-8+,14-10-,22-21+,24-5+. The molecule has 1 atom stereocenters. The third-order valence-corrected chi connectivity index (χ3v) is 6.35. The Hall–Kier alpha value is -3.39. The summed E-state index contributed by atoms with van der Waals surface area (Å²) in [6, 6.07) is 18.1. The molecule has 1 aromatic heterocycles. The lowest BCUT2D eigenvalue weighted by Gasteiger charge is -2.22. The van der Waals surface area contributed by atoms with Crippen LogP contribution < -0.4 is 5.32 Å². The van der Waals surface area contributed by atoms with Gasteiger partial charge in [0.2, 0.25) is 0 Å². The zero-order valence-corrected chi connectivity index (χ0v) is 20.2. The molecule has 0 saturated carbocycles. The van der Waals surface area contributed by atoms with Crippen molar-refractivity contribution in [1.82, 2.24) is 10.3 Å². The molecule has 1 N–H and O–H groups in total. The number of aryl methyl sites for hydroxylation is 1. The molecule has 1 heterocycles. The van der Waals surface area contributed by atoms with Crippen LogP contribution in [0.25, 0.3) is 16.5 Å². The van der Waals surface area contributed by atoms with E-state index in [1.165, 1.54) is 38.8 Å². The molecule has 1 aliphatic carbocycles. The Labute approximate surface area is 198 Å². The summed E-state index contributed by atoms with van der Waals surface area (Å²) in [6.07, 6.45) is 15.0. The number of hydrogen-bond donors (Lipinski definition) is 1. The molecule has 2 heteroatoms. The van der Waals surface area contributed by atoms with E-state index in [0.717, 1.165) is 30.6 Å². The minimum absolute atomic E-state index is 0.184. The fourth-order valence-corrected chi connectivity index (χ4v) is 4.65. The minimum atomic E-state index is 0.184. The Morgan fingerprint density at radius 1 is 1.06 bits per heavy atom. The lowest BCUT2D eigenvalue weighted by atomic mass is 9.83. The van der Waals surface area contributed by atoms with Gasteiger partial charge in [0.25, 0.3) is 0 Å². The summed E-state index contributed by atoms with van der Waals surface area (Å²) in [4.78, 5) is 4.95. The number of allylic oxidation sites excluding steroid dienone is 7. The fraction of sp³-hybridized carbons (Fsp3) is 0.258. The van der Waals surface area contributed by atoms with E-state index in [2.05, 4.69) is 118 Å². The predicted molar refractivity (Wildman–Crippen MR) is 142 cm³/mol. The van der Waals surface area contributed by atoms with Gasteiger partial charge in [0, 0.05) is 23.5 Å². The van der Waals surface area contributed by atoms with Gasteiger partial charge in [0.15, 0.2) is 0 Å². The van der Waals surface area contributed by atoms with Crippen molar-refractivity contribution in [3.63, 3.8) is 0 Å². The second kappa shape index (κ2) is 10.5. The van der Waals surface area contributed by atoms with Crippen LogP contribution in [0.4, 0.5) is 0 Å². The van der Waals surface area contributed by atoms with Crippen LogP contribution in [-0.4, -0.2) is 11.5 Å². The van der Waals surface area contributed by atoms with Crippen LogP contribution in [0.15, 0.2) is 90.7 Å². The van der Waals surface area contributed by atoms with Crippen molar-refractivity contribution < 1.29 is 0 Å². The van der Waals surface area contributed by atoms with Crippen LogP contribution in [0.1, 0.15) is 61.6 Å². The number of rotatable bonds is 4. The highest BCUT2D eigenvalue weighted by molar-refractivity contribution is 5.95. The maximum atomic E-state index is 4.95. The lowest BCUT2D eigenvalue weighted by Crippen LogP contribution is -2.10. The molecule has 0 amide bonds. The van der Waals surface area contributed by atoms with Gasteiger partial charge in [0.1, 0.15) is 0 Å². The zero-order chi connectivity index (χ0) is 23.2. The summed E-state index contributed by atoms with van der Waals surface area (Å²) in [5.74, 6) is 0.184. The zero-order valence-electron chi connectivity index (χ0n) is 20.2. The van der Waals surface area contributed by atoms with Crippen LogP contribution in [0.5, 0.6) is 0 Å². The summed E-state index contributed by atoms with van der Waals surface area (Å²) in [5, 5.41) is 4.62. The smallest absolute Gasteiger partial charge is 0.0711 e. The molecule has 4 rings (SSSR count). The molecule has 0 saturated heterocycles. The van der Waals surface area contributed by atoms with Crippen LogP contribution in [0.3, 0.4) is 0 Å². The Kier molecular flexibility index (Phi) is 7.24. The molecule has 0 aliphatic heterocycles. The first-order valence-corrected chi connectivity index (χ1v) is 12.1. The van der Waals surface area contributed by atoms with Gasteiger partial charge >= 0.3 is 0 Å². The average Bonchev–Trinajstić information content (AvgIpc) is 2.84. The number of pyridine rings is 1. The maximum Gasteiger partial charge on any atom is 0.0711 e. The molecule has 4 bridgehead atoms. The number of nitrogens with one attached hydrogen (secondary N) is 1. The molecule has 0 radical (unpaired) electrons. The van der Waals surface area contributed by atoms with Gasteiger partial charge in [0.05, 0.1) is 5.52 Å². The summed E-state index contributed by atoms with van der Waals surface area (Å²) in [7, 11) is 0. The van der Waals surface area contributed by atoms with E-state index in [0.29, 0.717) is 0 Å². The van der Waals surface area contributed by atoms with Gasteiger partial charge < -0.3 is 5.32 Å². The third-order valence-electron chi connectivity index (χ3n) is 6.35. The van der Waals surface area contributed by atoms with E-state index in [1.807, 2.05) is 0 Å². The van der Waals surface area contributed by atoms with Gasteiger partial charge in [-0.1, -0.05) is 67.6 Å². The molecule has 0 fully saturated rings. The Morgan fingerprint density at radius 2 is 1.91 bits per heavy atom. The Morgan fingerprint density at radius 3 is 2.70 bits per heavy atom. The Bertz CT molecular complexity index is 1260. The largest absolute Gasteiger partial charge is 0.391 e. The van der Waals surface area contributed by atoms with Gasteiger partial charge in [-0.05, 0) is 91.4 Å². The summed E-state index contributed by atoms with van der Waals surface area (Å²) in [6.45, 7) is 9.56. The maximum absolute atomic E-state index is 4.95. The number of nitrogens with zero attached hydrogens (tertiary/aromatic N) is 1. The van der Waals surface area contributed by atoms with E-state index < -0.39 is 0 Å². The van der Waals surface area contributed by atoms with E-state index in [1.54, 1.807) is 0 Å². The molecule has 2 aromatic carbocycles. The highest BCUT2D eigenvalue weighted by atomic mass is 14.8. The van der Waals surface area contributed by atoms with Crippen molar-refractivity contribution in [3.8, 4) is 0 Å². The van der Waals surface area contributed by atoms with Gasteiger partial charge in [-0.2, -0.15) is 0 Å². The number of aromatic nitrogens is 1. The molecule has 168 valence electrons. The van der Waals surface area contributed by atoms with E-state index in [-0.39, 0.29) is 5.92 Å². The van der Waals surface area contributed by atoms with Crippen molar-refractivity contribution in [2.24, 2.45) is 0 Å². The van der Waals surface area contributed by atoms with Crippen LogP contribution >= 0.6 is 0 Å². The highest BCUT2D eigenvalue weighted by Crippen LogP contribution is 2.36. The van der Waals surface area contributed by atoms with Crippen molar-refractivity contribution >= 4 is 16.5 Å². The van der Waals surface area contributed by atoms with Gasteiger partial charge in [-0.25, -0.2) is 0 Å². The van der Waals surface area contributed by atoms with Crippen molar-refractivity contribution in [3.05, 3.63) is 119 Å². The summed E-state index contributed by atoms with van der Waals surface area (Å²) >= 11 is 0. The topological polar surface area (TPSA) is 24.9 Å². The summed E-state index contributed by atoms with van der Waals surface area (Å²) in [5.41, 5.74) is 9.93. The van der Waals surface area contributed by atoms with E-state index >= 15 is 0 Å². The van der Waals surface area contributed by atoms with Crippen LogP contribution in [-0.2, 0) is 12.8 Å². The monoisotopic (exact) mass is 434 g/mol. The molecule has 3 aromatic rings. The first-order valence-electron chi connectivity index (χ1n) is 12.1. The molecular formula is C31H34N2. The van der Waals surface area contributed by atoms with Crippen molar-refractivity contribution in [2.45, 2.75) is 46.5 Å². The molecule has 33 heavy (non-hydrogen) atoms. The second-order valence-electron chi connectivity index (χ2n) is 8.65. The Balaban J connectivity index is 2.02. The second-order valence-corrected chi connectivity index (χ2v) is 8.65. The first kappa shape index (κ1) is 22.8. The summed E-state index contributed by atoms with van der Waals surface area (Å²) < 4.78 is 0. The predicted octanol–water partition coefficient (Wildman–Crippen LogP) is 7.51. The number of fused-ring (bicyclic) bond motifs is 3. The van der Waals surface area contributed by atoms with Crippen molar-refractivity contribution in [1.29, 1.82) is 0 Å². The molecular weight excluding hydrogens is 400 g/mol. The number of benzene rings is 2. The molecule has 0 spiro atoms. The van der Waals surface area contributed by atoms with Crippen LogP contribution in [0, 0.1) is 0 Å². The van der Waals surface area contributed by atoms with Crippen LogP contribution in [0.2, 0.25) is 0 Å². The minimum Gasteiger partial charge on any atom is -0.391 e. The first-order chi connectivity index (χ1) is 16.1. The van der Waals surface area contributed by atoms with E-state index in [9.17, 15) is 0 Å².